The van der Waals surface area contributed by atoms with Gasteiger partial charge in [0.2, 0.25) is 0 Å². The highest BCUT2D eigenvalue weighted by Gasteiger charge is 2.18. The minimum absolute atomic E-state index is 0.256. The Morgan fingerprint density at radius 2 is 2.21 bits per heavy atom. The topological polar surface area (TPSA) is 81.9 Å². The van der Waals surface area contributed by atoms with Crippen LogP contribution in [-0.2, 0) is 0 Å². The molecular weight excluding hydrogens is 302 g/mol. The number of hydrogen-bond acceptors (Lipinski definition) is 5. The summed E-state index contributed by atoms with van der Waals surface area (Å²) in [5.74, 6) is 1.12. The predicted molar refractivity (Wildman–Crippen MR) is 91.8 cm³/mol. The van der Waals surface area contributed by atoms with Gasteiger partial charge in [0.05, 0.1) is 11.6 Å². The molecule has 0 aliphatic carbocycles. The van der Waals surface area contributed by atoms with Gasteiger partial charge in [-0.3, -0.25) is 4.79 Å². The molecule has 0 radical (unpaired) electrons. The van der Waals surface area contributed by atoms with Gasteiger partial charge in [-0.25, -0.2) is 0 Å². The molecular formula is C18H19N5O. The van der Waals surface area contributed by atoms with E-state index < -0.39 is 0 Å². The van der Waals surface area contributed by atoms with Crippen LogP contribution >= 0.6 is 0 Å². The number of piperidine rings is 1. The minimum Gasteiger partial charge on any atom is -0.355 e. The van der Waals surface area contributed by atoms with E-state index in [0.717, 1.165) is 25.3 Å². The molecule has 1 N–H and O–H groups in total. The molecule has 1 amide bonds. The third-order valence-corrected chi connectivity index (χ3v) is 4.11. The fourth-order valence-electron chi connectivity index (χ4n) is 2.87. The van der Waals surface area contributed by atoms with E-state index >= 15 is 0 Å². The number of anilines is 2. The SMILES string of the molecule is CC1CCCN(c2ccc(C(=O)Nc3cccc(C#N)c3)nn2)C1. The van der Waals surface area contributed by atoms with Crippen molar-refractivity contribution in [1.82, 2.24) is 10.2 Å². The summed E-state index contributed by atoms with van der Waals surface area (Å²) < 4.78 is 0. The molecule has 2 aromatic rings. The van der Waals surface area contributed by atoms with Crippen LogP contribution < -0.4 is 10.2 Å². The number of hydrogen-bond donors (Lipinski definition) is 1. The number of amides is 1. The van der Waals surface area contributed by atoms with Gasteiger partial charge in [-0.05, 0) is 49.1 Å². The average molecular weight is 321 g/mol. The van der Waals surface area contributed by atoms with Gasteiger partial charge in [-0.15, -0.1) is 10.2 Å². The van der Waals surface area contributed by atoms with Crippen molar-refractivity contribution in [1.29, 1.82) is 5.26 Å². The smallest absolute Gasteiger partial charge is 0.276 e. The maximum absolute atomic E-state index is 12.2. The number of nitrogens with one attached hydrogen (secondary N) is 1. The predicted octanol–water partition coefficient (Wildman–Crippen LogP) is 2.84. The lowest BCUT2D eigenvalue weighted by molar-refractivity contribution is 0.102. The first-order valence-corrected chi connectivity index (χ1v) is 8.06. The molecule has 0 bridgehead atoms. The number of carbonyl (C=O) groups is 1. The van der Waals surface area contributed by atoms with Crippen molar-refractivity contribution in [2.75, 3.05) is 23.3 Å². The molecule has 1 aliphatic heterocycles. The maximum Gasteiger partial charge on any atom is 0.276 e. The number of nitrogens with zero attached hydrogens (tertiary/aromatic N) is 4. The lowest BCUT2D eigenvalue weighted by Gasteiger charge is -2.31. The lowest BCUT2D eigenvalue weighted by atomic mass is 10.0. The standard InChI is InChI=1S/C18H19N5O/c1-13-4-3-9-23(12-13)17-8-7-16(21-22-17)18(24)20-15-6-2-5-14(10-15)11-19/h2,5-8,10,13H,3-4,9,12H2,1H3,(H,20,24). The van der Waals surface area contributed by atoms with E-state index in [1.54, 1.807) is 30.3 Å². The molecule has 1 aliphatic rings. The van der Waals surface area contributed by atoms with Crippen LogP contribution in [-0.4, -0.2) is 29.2 Å². The quantitative estimate of drug-likeness (QED) is 0.940. The van der Waals surface area contributed by atoms with Gasteiger partial charge in [0, 0.05) is 18.8 Å². The first-order chi connectivity index (χ1) is 11.7. The van der Waals surface area contributed by atoms with Crippen molar-refractivity contribution in [3.05, 3.63) is 47.7 Å². The second kappa shape index (κ2) is 7.09. The zero-order valence-electron chi connectivity index (χ0n) is 13.6. The summed E-state index contributed by atoms with van der Waals surface area (Å²) >= 11 is 0. The monoisotopic (exact) mass is 321 g/mol. The molecule has 122 valence electrons. The first-order valence-electron chi connectivity index (χ1n) is 8.06. The molecule has 1 aromatic carbocycles. The Kier molecular flexibility index (Phi) is 4.71. The largest absolute Gasteiger partial charge is 0.355 e. The summed E-state index contributed by atoms with van der Waals surface area (Å²) in [4.78, 5) is 14.5. The third-order valence-electron chi connectivity index (χ3n) is 4.11. The fraction of sp³-hybridized carbons (Fsp3) is 0.333. The van der Waals surface area contributed by atoms with E-state index in [1.165, 1.54) is 6.42 Å². The zero-order chi connectivity index (χ0) is 16.9. The average Bonchev–Trinajstić information content (AvgIpc) is 2.62. The van der Waals surface area contributed by atoms with E-state index in [9.17, 15) is 4.79 Å². The van der Waals surface area contributed by atoms with Gasteiger partial charge in [-0.1, -0.05) is 13.0 Å². The summed E-state index contributed by atoms with van der Waals surface area (Å²) in [6.07, 6.45) is 2.40. The van der Waals surface area contributed by atoms with E-state index in [0.29, 0.717) is 17.2 Å². The molecule has 1 atom stereocenters. The van der Waals surface area contributed by atoms with Gasteiger partial charge >= 0.3 is 0 Å². The highest BCUT2D eigenvalue weighted by atomic mass is 16.1. The van der Waals surface area contributed by atoms with Crippen molar-refractivity contribution in [3.63, 3.8) is 0 Å². The molecule has 2 heterocycles. The van der Waals surface area contributed by atoms with Crippen LogP contribution in [0.4, 0.5) is 11.5 Å². The molecule has 1 fully saturated rings. The Morgan fingerprint density at radius 3 is 2.92 bits per heavy atom. The second-order valence-electron chi connectivity index (χ2n) is 6.12. The summed E-state index contributed by atoms with van der Waals surface area (Å²) in [6, 6.07) is 12.3. The number of rotatable bonds is 3. The number of nitriles is 1. The van der Waals surface area contributed by atoms with Crippen molar-refractivity contribution in [3.8, 4) is 6.07 Å². The van der Waals surface area contributed by atoms with Gasteiger partial charge in [0.15, 0.2) is 11.5 Å². The van der Waals surface area contributed by atoms with Gasteiger partial charge in [0.1, 0.15) is 0 Å². The minimum atomic E-state index is -0.337. The molecule has 3 rings (SSSR count). The molecule has 6 heteroatoms. The Bertz CT molecular complexity index is 766. The van der Waals surface area contributed by atoms with Gasteiger partial charge in [0.25, 0.3) is 5.91 Å². The van der Waals surface area contributed by atoms with Crippen LogP contribution in [0.5, 0.6) is 0 Å². The van der Waals surface area contributed by atoms with Gasteiger partial charge < -0.3 is 10.2 Å². The highest BCUT2D eigenvalue weighted by Crippen LogP contribution is 2.20. The highest BCUT2D eigenvalue weighted by molar-refractivity contribution is 6.02. The van der Waals surface area contributed by atoms with Crippen LogP contribution in [0.1, 0.15) is 35.8 Å². The van der Waals surface area contributed by atoms with Crippen molar-refractivity contribution in [2.45, 2.75) is 19.8 Å². The van der Waals surface area contributed by atoms with E-state index in [-0.39, 0.29) is 11.6 Å². The molecule has 1 saturated heterocycles. The maximum atomic E-state index is 12.2. The molecule has 24 heavy (non-hydrogen) atoms. The Hall–Kier alpha value is -2.94. The summed E-state index contributed by atoms with van der Waals surface area (Å²) in [5.41, 5.74) is 1.31. The second-order valence-corrected chi connectivity index (χ2v) is 6.12. The molecule has 0 spiro atoms. The lowest BCUT2D eigenvalue weighted by Crippen LogP contribution is -2.35. The molecule has 6 nitrogen and oxygen atoms in total. The summed E-state index contributed by atoms with van der Waals surface area (Å²) in [5, 5.41) is 19.9. The fourth-order valence-corrected chi connectivity index (χ4v) is 2.87. The number of benzene rings is 1. The summed E-state index contributed by atoms with van der Waals surface area (Å²) in [6.45, 7) is 4.18. The van der Waals surface area contributed by atoms with Crippen molar-refractivity contribution in [2.24, 2.45) is 5.92 Å². The molecule has 1 unspecified atom stereocenters. The van der Waals surface area contributed by atoms with Crippen LogP contribution in [0.2, 0.25) is 0 Å². The Balaban J connectivity index is 1.68. The summed E-state index contributed by atoms with van der Waals surface area (Å²) in [7, 11) is 0. The van der Waals surface area contributed by atoms with E-state index in [2.05, 4.69) is 27.3 Å². The Labute approximate surface area is 141 Å². The first kappa shape index (κ1) is 15.9. The number of carbonyl (C=O) groups excluding carboxylic acids is 1. The normalized spacial score (nSPS) is 17.2. The van der Waals surface area contributed by atoms with Crippen LogP contribution in [0.25, 0.3) is 0 Å². The van der Waals surface area contributed by atoms with Crippen molar-refractivity contribution < 1.29 is 4.79 Å². The van der Waals surface area contributed by atoms with Crippen molar-refractivity contribution >= 4 is 17.4 Å². The van der Waals surface area contributed by atoms with Crippen LogP contribution in [0.15, 0.2) is 36.4 Å². The van der Waals surface area contributed by atoms with E-state index in [1.807, 2.05) is 12.1 Å². The Morgan fingerprint density at radius 1 is 1.33 bits per heavy atom. The van der Waals surface area contributed by atoms with Crippen LogP contribution in [0, 0.1) is 17.2 Å². The van der Waals surface area contributed by atoms with E-state index in [4.69, 9.17) is 5.26 Å². The third kappa shape index (κ3) is 3.69. The van der Waals surface area contributed by atoms with Crippen LogP contribution in [0.3, 0.4) is 0 Å². The number of aromatic nitrogens is 2. The molecule has 0 saturated carbocycles. The van der Waals surface area contributed by atoms with Gasteiger partial charge in [-0.2, -0.15) is 5.26 Å². The molecule has 1 aromatic heterocycles. The zero-order valence-corrected chi connectivity index (χ0v) is 13.6.